The standard InChI is InChI=1S/C46H60N4O9S/c1-7-23-56-46-41(60-24-18-31-29-47-19-20-48-31)28-38(50-59-45(2,3)4)35-25-30(12-8-10-21-51)34(13-9-11-22-52)42(43(35)46)36-26-33(15-17-39(36)58-46)57-44(53)49-37-16-14-32(54-5)27-40(37)55-6/h7,14-17,19-20,25-27,29-30,34,41-43,51-52H,1,8-13,18,21-24,28H2,2-6H3,(H,49,53). The summed E-state index contributed by atoms with van der Waals surface area (Å²) in [5, 5.41) is 27.3. The number of amides is 1. The van der Waals surface area contributed by atoms with Gasteiger partial charge in [-0.1, -0.05) is 30.1 Å². The van der Waals surface area contributed by atoms with Crippen LogP contribution in [-0.2, 0) is 16.0 Å². The van der Waals surface area contributed by atoms with Crippen molar-refractivity contribution >= 4 is 29.3 Å². The Morgan fingerprint density at radius 3 is 2.53 bits per heavy atom. The quantitative estimate of drug-likeness (QED) is 0.0566. The van der Waals surface area contributed by atoms with E-state index in [1.54, 1.807) is 67.8 Å². The number of carbonyl (C=O) groups excluding carboxylic acids is 1. The molecule has 0 radical (unpaired) electrons. The van der Waals surface area contributed by atoms with E-state index in [1.165, 1.54) is 7.11 Å². The maximum atomic E-state index is 13.5. The van der Waals surface area contributed by atoms with Gasteiger partial charge in [0, 0.05) is 62.2 Å². The number of fused-ring (bicyclic) bond motifs is 2. The van der Waals surface area contributed by atoms with Gasteiger partial charge in [0.2, 0.25) is 5.79 Å². The third-order valence-electron chi connectivity index (χ3n) is 11.2. The molecule has 3 aliphatic rings. The number of unbranched alkanes of at least 4 members (excludes halogenated alkanes) is 2. The van der Waals surface area contributed by atoms with Gasteiger partial charge < -0.3 is 38.7 Å². The van der Waals surface area contributed by atoms with E-state index in [4.69, 9.17) is 33.7 Å². The van der Waals surface area contributed by atoms with E-state index in [0.717, 1.165) is 54.0 Å². The molecule has 1 aromatic heterocycles. The van der Waals surface area contributed by atoms with E-state index < -0.39 is 17.5 Å². The number of benzene rings is 2. The van der Waals surface area contributed by atoms with Gasteiger partial charge in [-0.25, -0.2) is 4.79 Å². The Balaban J connectivity index is 1.47. The molecular formula is C46H60N4O9S. The van der Waals surface area contributed by atoms with Crippen molar-refractivity contribution in [3.8, 4) is 23.0 Å². The summed E-state index contributed by atoms with van der Waals surface area (Å²) < 4.78 is 31.1. The number of carbonyl (C=O) groups is 1. The fourth-order valence-electron chi connectivity index (χ4n) is 8.64. The van der Waals surface area contributed by atoms with Crippen molar-refractivity contribution in [2.75, 3.05) is 45.1 Å². The van der Waals surface area contributed by atoms with Gasteiger partial charge in [-0.15, -0.1) is 6.58 Å². The number of ether oxygens (including phenoxy) is 5. The summed E-state index contributed by atoms with van der Waals surface area (Å²) in [6.07, 6.45) is 14.5. The van der Waals surface area contributed by atoms with Crippen LogP contribution < -0.4 is 24.3 Å². The summed E-state index contributed by atoms with van der Waals surface area (Å²) in [7, 11) is 3.08. The van der Waals surface area contributed by atoms with E-state index >= 15 is 0 Å². The number of rotatable bonds is 20. The molecular weight excluding hydrogens is 785 g/mol. The van der Waals surface area contributed by atoms with Crippen LogP contribution in [0.3, 0.4) is 0 Å². The number of oxime groups is 1. The minimum Gasteiger partial charge on any atom is -0.497 e. The molecule has 14 heteroatoms. The maximum absolute atomic E-state index is 13.5. The zero-order valence-corrected chi connectivity index (χ0v) is 36.2. The minimum atomic E-state index is -1.14. The maximum Gasteiger partial charge on any atom is 0.417 e. The number of nitrogens with zero attached hydrogens (tertiary/aromatic N) is 3. The molecule has 0 bridgehead atoms. The number of aliphatic hydroxyl groups excluding tert-OH is 2. The molecule has 6 rings (SSSR count). The largest absolute Gasteiger partial charge is 0.497 e. The first-order chi connectivity index (χ1) is 29.0. The average molecular weight is 845 g/mol. The number of nitrogens with one attached hydrogen (secondary N) is 1. The van der Waals surface area contributed by atoms with Crippen molar-refractivity contribution in [1.82, 2.24) is 9.97 Å². The lowest BCUT2D eigenvalue weighted by molar-refractivity contribution is -0.223. The van der Waals surface area contributed by atoms with Crippen molar-refractivity contribution < 1.29 is 43.5 Å². The normalized spacial score (nSPS) is 23.7. The molecule has 1 saturated carbocycles. The molecule has 1 aliphatic heterocycles. The molecule has 0 saturated heterocycles. The summed E-state index contributed by atoms with van der Waals surface area (Å²) in [6, 6.07) is 10.6. The topological polar surface area (TPSA) is 163 Å². The first kappa shape index (κ1) is 44.9. The van der Waals surface area contributed by atoms with Gasteiger partial charge >= 0.3 is 6.09 Å². The van der Waals surface area contributed by atoms with Gasteiger partial charge in [-0.3, -0.25) is 15.3 Å². The molecule has 1 amide bonds. The smallest absolute Gasteiger partial charge is 0.417 e. The summed E-state index contributed by atoms with van der Waals surface area (Å²) in [4.78, 5) is 28.5. The zero-order chi connectivity index (χ0) is 42.7. The van der Waals surface area contributed by atoms with Gasteiger partial charge in [0.05, 0.1) is 49.1 Å². The van der Waals surface area contributed by atoms with Gasteiger partial charge in [0.1, 0.15) is 28.6 Å². The van der Waals surface area contributed by atoms with Crippen LogP contribution in [0.4, 0.5) is 10.5 Å². The number of hydrogen-bond donors (Lipinski definition) is 3. The third kappa shape index (κ3) is 10.6. The van der Waals surface area contributed by atoms with Crippen LogP contribution in [0.5, 0.6) is 23.0 Å². The van der Waals surface area contributed by atoms with E-state index in [9.17, 15) is 15.0 Å². The van der Waals surface area contributed by atoms with Crippen LogP contribution in [-0.4, -0.2) is 88.4 Å². The lowest BCUT2D eigenvalue weighted by Gasteiger charge is -2.58. The minimum absolute atomic E-state index is 0.0825. The SMILES string of the molecule is C=CCOC12Oc3ccc(OC(=O)Nc4ccc(OC)cc4OC)cc3C3C(CCCCO)C(CCCCO)C=C(C(=NOC(C)(C)C)CC1SCCc1cnccn1)C32. The third-order valence-corrected chi connectivity index (χ3v) is 12.5. The summed E-state index contributed by atoms with van der Waals surface area (Å²) in [5.74, 6) is 1.28. The monoisotopic (exact) mass is 844 g/mol. The number of methoxy groups -OCH3 is 2. The van der Waals surface area contributed by atoms with Crippen molar-refractivity contribution in [2.45, 2.75) is 94.7 Å². The van der Waals surface area contributed by atoms with Gasteiger partial charge in [-0.05, 0) is 99.9 Å². The van der Waals surface area contributed by atoms with Crippen LogP contribution in [0, 0.1) is 17.8 Å². The van der Waals surface area contributed by atoms with E-state index in [0.29, 0.717) is 54.4 Å². The molecule has 13 nitrogen and oxygen atoms in total. The second-order valence-electron chi connectivity index (χ2n) is 16.3. The molecule has 0 spiro atoms. The second kappa shape index (κ2) is 20.8. The highest BCUT2D eigenvalue weighted by molar-refractivity contribution is 8.00. The summed E-state index contributed by atoms with van der Waals surface area (Å²) in [5.41, 5.74) is 3.57. The average Bonchev–Trinajstić information content (AvgIpc) is 3.24. The second-order valence-corrected chi connectivity index (χ2v) is 17.7. The van der Waals surface area contributed by atoms with Crippen molar-refractivity contribution in [2.24, 2.45) is 22.9 Å². The predicted molar refractivity (Wildman–Crippen MR) is 233 cm³/mol. The van der Waals surface area contributed by atoms with Crippen molar-refractivity contribution in [3.63, 3.8) is 0 Å². The number of anilines is 1. The molecule has 1 fully saturated rings. The highest BCUT2D eigenvalue weighted by atomic mass is 32.2. The number of thioether (sulfide) groups is 1. The molecule has 6 unspecified atom stereocenters. The Hall–Kier alpha value is -4.63. The van der Waals surface area contributed by atoms with Crippen LogP contribution in [0.2, 0.25) is 0 Å². The number of hydrogen-bond acceptors (Lipinski definition) is 13. The van der Waals surface area contributed by atoms with Gasteiger partial charge in [0.25, 0.3) is 0 Å². The lowest BCUT2D eigenvalue weighted by Crippen LogP contribution is -2.64. The fourth-order valence-corrected chi connectivity index (χ4v) is 10.0. The Bertz CT molecular complexity index is 1970. The molecule has 2 aliphatic carbocycles. The predicted octanol–water partition coefficient (Wildman–Crippen LogP) is 8.51. The Labute approximate surface area is 357 Å². The van der Waals surface area contributed by atoms with E-state index in [2.05, 4.69) is 27.9 Å². The summed E-state index contributed by atoms with van der Waals surface area (Å²) in [6.45, 7) is 10.5. The number of aliphatic hydroxyl groups is 2. The molecule has 2 heterocycles. The van der Waals surface area contributed by atoms with Gasteiger partial charge in [0.15, 0.2) is 0 Å². The highest BCUT2D eigenvalue weighted by Crippen LogP contribution is 2.62. The van der Waals surface area contributed by atoms with E-state index in [1.807, 2.05) is 32.9 Å². The molecule has 3 aromatic rings. The van der Waals surface area contributed by atoms with Gasteiger partial charge in [-0.2, -0.15) is 11.8 Å². The Morgan fingerprint density at radius 1 is 1.05 bits per heavy atom. The van der Waals surface area contributed by atoms with Crippen LogP contribution in [0.25, 0.3) is 0 Å². The van der Waals surface area contributed by atoms with Crippen LogP contribution in [0.1, 0.15) is 82.9 Å². The molecule has 3 N–H and O–H groups in total. The molecule has 2 aromatic carbocycles. The number of aryl methyl sites for hydroxylation is 1. The van der Waals surface area contributed by atoms with Crippen LogP contribution >= 0.6 is 11.8 Å². The lowest BCUT2D eigenvalue weighted by atomic mass is 9.56. The zero-order valence-electron chi connectivity index (χ0n) is 35.4. The highest BCUT2D eigenvalue weighted by Gasteiger charge is 2.64. The van der Waals surface area contributed by atoms with Crippen LogP contribution in [0.15, 0.2) is 84.4 Å². The summed E-state index contributed by atoms with van der Waals surface area (Å²) >= 11 is 1.76. The molecule has 6 atom stereocenters. The molecule has 60 heavy (non-hydrogen) atoms. The first-order valence-corrected chi connectivity index (χ1v) is 21.9. The Morgan fingerprint density at radius 2 is 1.83 bits per heavy atom. The number of aromatic nitrogens is 2. The van der Waals surface area contributed by atoms with Crippen molar-refractivity contribution in [3.05, 3.63) is 90.6 Å². The number of allylic oxidation sites excluding steroid dienone is 1. The fraction of sp³-hybridized carbons (Fsp3) is 0.522. The molecule has 324 valence electrons. The van der Waals surface area contributed by atoms with E-state index in [-0.39, 0.29) is 48.7 Å². The first-order valence-electron chi connectivity index (χ1n) is 20.9. The van der Waals surface area contributed by atoms with Crippen molar-refractivity contribution in [1.29, 1.82) is 0 Å². The Kier molecular flexibility index (Phi) is 15.5.